The van der Waals surface area contributed by atoms with Gasteiger partial charge in [0.15, 0.2) is 0 Å². The molecule has 90 valence electrons. The van der Waals surface area contributed by atoms with Crippen molar-refractivity contribution in [1.82, 2.24) is 4.90 Å². The zero-order valence-electron chi connectivity index (χ0n) is 10.1. The van der Waals surface area contributed by atoms with Crippen molar-refractivity contribution in [3.63, 3.8) is 0 Å². The summed E-state index contributed by atoms with van der Waals surface area (Å²) < 4.78 is 4.58. The van der Waals surface area contributed by atoms with Crippen LogP contribution >= 0.6 is 0 Å². The van der Waals surface area contributed by atoms with E-state index in [0.29, 0.717) is 25.1 Å². The lowest BCUT2D eigenvalue weighted by Gasteiger charge is -2.16. The molecule has 0 aliphatic heterocycles. The smallest absolute Gasteiger partial charge is 0.306 e. The van der Waals surface area contributed by atoms with Crippen molar-refractivity contribution < 1.29 is 9.53 Å². The SMILES string of the molecule is COC(=O)CCN(C)Cc1ccccc1C#N. The number of esters is 1. The summed E-state index contributed by atoms with van der Waals surface area (Å²) in [7, 11) is 3.30. The molecule has 0 spiro atoms. The van der Waals surface area contributed by atoms with E-state index >= 15 is 0 Å². The van der Waals surface area contributed by atoms with Crippen molar-refractivity contribution in [2.45, 2.75) is 13.0 Å². The molecule has 0 saturated carbocycles. The number of ether oxygens (including phenoxy) is 1. The molecule has 1 aromatic rings. The van der Waals surface area contributed by atoms with E-state index in [1.165, 1.54) is 7.11 Å². The molecule has 4 heteroatoms. The molecule has 0 N–H and O–H groups in total. The zero-order chi connectivity index (χ0) is 12.7. The normalized spacial score (nSPS) is 10.0. The Bertz CT molecular complexity index is 424. The Hall–Kier alpha value is -1.86. The first kappa shape index (κ1) is 13.2. The van der Waals surface area contributed by atoms with Crippen LogP contribution in [0.4, 0.5) is 0 Å². The van der Waals surface area contributed by atoms with Gasteiger partial charge >= 0.3 is 5.97 Å². The maximum Gasteiger partial charge on any atom is 0.306 e. The van der Waals surface area contributed by atoms with Gasteiger partial charge < -0.3 is 9.64 Å². The summed E-state index contributed by atoms with van der Waals surface area (Å²) in [4.78, 5) is 13.0. The van der Waals surface area contributed by atoms with Gasteiger partial charge in [0.2, 0.25) is 0 Å². The minimum atomic E-state index is -0.217. The van der Waals surface area contributed by atoms with E-state index in [1.807, 2.05) is 30.1 Å². The van der Waals surface area contributed by atoms with Crippen LogP contribution in [-0.2, 0) is 16.1 Å². The molecule has 4 nitrogen and oxygen atoms in total. The summed E-state index contributed by atoms with van der Waals surface area (Å²) in [6.45, 7) is 1.27. The number of methoxy groups -OCH3 is 1. The standard InChI is InChI=1S/C13H16N2O2/c1-15(8-7-13(16)17-2)10-12-6-4-3-5-11(12)9-14/h3-6H,7-8,10H2,1-2H3. The van der Waals surface area contributed by atoms with E-state index in [2.05, 4.69) is 10.8 Å². The number of benzene rings is 1. The minimum Gasteiger partial charge on any atom is -0.469 e. The van der Waals surface area contributed by atoms with E-state index in [4.69, 9.17) is 5.26 Å². The topological polar surface area (TPSA) is 53.3 Å². The van der Waals surface area contributed by atoms with Gasteiger partial charge in [0.25, 0.3) is 0 Å². The number of nitrogens with zero attached hydrogens (tertiary/aromatic N) is 2. The maximum atomic E-state index is 11.0. The van der Waals surface area contributed by atoms with Crippen LogP contribution in [-0.4, -0.2) is 31.6 Å². The summed E-state index contributed by atoms with van der Waals surface area (Å²) in [6.07, 6.45) is 0.363. The Labute approximate surface area is 101 Å². The molecule has 0 atom stereocenters. The highest BCUT2D eigenvalue weighted by atomic mass is 16.5. The molecule has 1 rings (SSSR count). The summed E-state index contributed by atoms with van der Waals surface area (Å²) in [5.74, 6) is -0.217. The summed E-state index contributed by atoms with van der Waals surface area (Å²) in [5, 5.41) is 8.94. The Balaban J connectivity index is 2.53. The summed E-state index contributed by atoms with van der Waals surface area (Å²) in [5.41, 5.74) is 1.65. The molecule has 0 heterocycles. The molecule has 0 radical (unpaired) electrons. The Morgan fingerprint density at radius 3 is 2.82 bits per heavy atom. The van der Waals surface area contributed by atoms with Crippen LogP contribution in [0.15, 0.2) is 24.3 Å². The summed E-state index contributed by atoms with van der Waals surface area (Å²) >= 11 is 0. The fourth-order valence-electron chi connectivity index (χ4n) is 1.52. The number of rotatable bonds is 5. The second-order valence-corrected chi connectivity index (χ2v) is 3.83. The van der Waals surface area contributed by atoms with E-state index < -0.39 is 0 Å². The molecule has 0 aliphatic carbocycles. The Morgan fingerprint density at radius 1 is 1.47 bits per heavy atom. The quantitative estimate of drug-likeness (QED) is 0.723. The van der Waals surface area contributed by atoms with Gasteiger partial charge in [-0.3, -0.25) is 4.79 Å². The molecular weight excluding hydrogens is 216 g/mol. The van der Waals surface area contributed by atoms with Crippen molar-refractivity contribution in [2.75, 3.05) is 20.7 Å². The molecule has 0 fully saturated rings. The highest BCUT2D eigenvalue weighted by Crippen LogP contribution is 2.09. The number of hydrogen-bond donors (Lipinski definition) is 0. The highest BCUT2D eigenvalue weighted by Gasteiger charge is 2.07. The molecule has 0 aliphatic rings. The lowest BCUT2D eigenvalue weighted by Crippen LogP contribution is -2.22. The number of carbonyl (C=O) groups is 1. The molecule has 1 aromatic carbocycles. The number of hydrogen-bond acceptors (Lipinski definition) is 4. The number of carbonyl (C=O) groups excluding carboxylic acids is 1. The van der Waals surface area contributed by atoms with Crippen molar-refractivity contribution in [3.8, 4) is 6.07 Å². The fourth-order valence-corrected chi connectivity index (χ4v) is 1.52. The molecule has 0 amide bonds. The average molecular weight is 232 g/mol. The lowest BCUT2D eigenvalue weighted by molar-refractivity contribution is -0.140. The van der Waals surface area contributed by atoms with Crippen LogP contribution in [0.5, 0.6) is 0 Å². The average Bonchev–Trinajstić information content (AvgIpc) is 2.36. The largest absolute Gasteiger partial charge is 0.469 e. The van der Waals surface area contributed by atoms with Crippen LogP contribution in [0.1, 0.15) is 17.5 Å². The molecule has 0 bridgehead atoms. The van der Waals surface area contributed by atoms with Gasteiger partial charge in [-0.25, -0.2) is 0 Å². The van der Waals surface area contributed by atoms with Crippen molar-refractivity contribution in [3.05, 3.63) is 35.4 Å². The second kappa shape index (κ2) is 6.66. The van der Waals surface area contributed by atoms with Crippen LogP contribution in [0.25, 0.3) is 0 Å². The summed E-state index contributed by atoms with van der Waals surface area (Å²) in [6, 6.07) is 9.63. The van der Waals surface area contributed by atoms with Gasteiger partial charge in [0.1, 0.15) is 0 Å². The van der Waals surface area contributed by atoms with Crippen LogP contribution in [0, 0.1) is 11.3 Å². The third-order valence-corrected chi connectivity index (χ3v) is 2.50. The first-order valence-electron chi connectivity index (χ1n) is 5.40. The fraction of sp³-hybridized carbons (Fsp3) is 0.385. The molecule has 0 aromatic heterocycles. The van der Waals surface area contributed by atoms with Crippen LogP contribution in [0.3, 0.4) is 0 Å². The van der Waals surface area contributed by atoms with Crippen molar-refractivity contribution >= 4 is 5.97 Å². The van der Waals surface area contributed by atoms with E-state index in [1.54, 1.807) is 6.07 Å². The van der Waals surface area contributed by atoms with Gasteiger partial charge in [-0.05, 0) is 18.7 Å². The van der Waals surface area contributed by atoms with Gasteiger partial charge in [-0.2, -0.15) is 5.26 Å². The van der Waals surface area contributed by atoms with Crippen LogP contribution in [0.2, 0.25) is 0 Å². The van der Waals surface area contributed by atoms with Gasteiger partial charge in [0.05, 0.1) is 25.2 Å². The predicted molar refractivity (Wildman–Crippen MR) is 64.1 cm³/mol. The molecule has 17 heavy (non-hydrogen) atoms. The number of nitriles is 1. The monoisotopic (exact) mass is 232 g/mol. The zero-order valence-corrected chi connectivity index (χ0v) is 10.1. The Kier molecular flexibility index (Phi) is 5.18. The predicted octanol–water partition coefficient (Wildman–Crippen LogP) is 1.55. The third kappa shape index (κ3) is 4.25. The van der Waals surface area contributed by atoms with Gasteiger partial charge in [0, 0.05) is 13.1 Å². The van der Waals surface area contributed by atoms with Crippen molar-refractivity contribution in [1.29, 1.82) is 5.26 Å². The van der Waals surface area contributed by atoms with E-state index in [0.717, 1.165) is 5.56 Å². The second-order valence-electron chi connectivity index (χ2n) is 3.83. The first-order valence-corrected chi connectivity index (χ1v) is 5.40. The van der Waals surface area contributed by atoms with Crippen LogP contribution < -0.4 is 0 Å². The van der Waals surface area contributed by atoms with E-state index in [-0.39, 0.29) is 5.97 Å². The highest BCUT2D eigenvalue weighted by molar-refractivity contribution is 5.69. The molecule has 0 unspecified atom stereocenters. The van der Waals surface area contributed by atoms with E-state index in [9.17, 15) is 4.79 Å². The minimum absolute atomic E-state index is 0.217. The molecule has 0 saturated heterocycles. The van der Waals surface area contributed by atoms with Gasteiger partial charge in [-0.15, -0.1) is 0 Å². The van der Waals surface area contributed by atoms with Crippen molar-refractivity contribution in [2.24, 2.45) is 0 Å². The Morgan fingerprint density at radius 2 is 2.18 bits per heavy atom. The third-order valence-electron chi connectivity index (χ3n) is 2.50. The maximum absolute atomic E-state index is 11.0. The first-order chi connectivity index (χ1) is 8.17. The van der Waals surface area contributed by atoms with Gasteiger partial charge in [-0.1, -0.05) is 18.2 Å². The lowest BCUT2D eigenvalue weighted by atomic mass is 10.1. The molecular formula is C13H16N2O2.